The average molecular weight is 464 g/mol. The Labute approximate surface area is 189 Å². The van der Waals surface area contributed by atoms with Crippen molar-refractivity contribution in [3.8, 4) is 0 Å². The summed E-state index contributed by atoms with van der Waals surface area (Å²) >= 11 is 5.67. The molecule has 1 unspecified atom stereocenters. The van der Waals surface area contributed by atoms with Gasteiger partial charge in [-0.1, -0.05) is 35.8 Å². The van der Waals surface area contributed by atoms with Crippen LogP contribution in [0, 0.1) is 0 Å². The van der Waals surface area contributed by atoms with Gasteiger partial charge >= 0.3 is 5.92 Å². The van der Waals surface area contributed by atoms with Gasteiger partial charge in [0.2, 0.25) is 11.8 Å². The van der Waals surface area contributed by atoms with Gasteiger partial charge in [0.1, 0.15) is 6.04 Å². The summed E-state index contributed by atoms with van der Waals surface area (Å²) in [6.45, 7) is -0.166. The molecule has 0 aromatic heterocycles. The van der Waals surface area contributed by atoms with Crippen LogP contribution >= 0.6 is 11.6 Å². The number of rotatable bonds is 5. The van der Waals surface area contributed by atoms with Crippen molar-refractivity contribution in [2.75, 3.05) is 0 Å². The van der Waals surface area contributed by atoms with Crippen molar-refractivity contribution in [3.63, 3.8) is 0 Å². The van der Waals surface area contributed by atoms with Crippen LogP contribution in [-0.2, 0) is 33.4 Å². The van der Waals surface area contributed by atoms with Crippen LogP contribution in [0.15, 0.2) is 42.4 Å². The van der Waals surface area contributed by atoms with Gasteiger partial charge in [-0.25, -0.2) is 0 Å². The lowest BCUT2D eigenvalue weighted by atomic mass is 10.0. The van der Waals surface area contributed by atoms with Crippen LogP contribution in [0.3, 0.4) is 0 Å². The summed E-state index contributed by atoms with van der Waals surface area (Å²) in [6, 6.07) is 4.24. The van der Waals surface area contributed by atoms with Crippen molar-refractivity contribution in [1.29, 1.82) is 0 Å². The number of carbonyl (C=O) groups is 4. The summed E-state index contributed by atoms with van der Waals surface area (Å²) in [5.41, 5.74) is 0.439. The summed E-state index contributed by atoms with van der Waals surface area (Å²) in [7, 11) is 0. The third-order valence-corrected chi connectivity index (χ3v) is 5.60. The van der Waals surface area contributed by atoms with Gasteiger partial charge in [0.25, 0.3) is 11.8 Å². The zero-order valence-corrected chi connectivity index (χ0v) is 17.3. The Hall–Kier alpha value is -3.33. The lowest BCUT2D eigenvalue weighted by Crippen LogP contribution is -2.52. The molecule has 4 amide bonds. The minimum Gasteiger partial charge on any atom is -0.346 e. The first-order valence-electron chi connectivity index (χ1n) is 10.7. The van der Waals surface area contributed by atoms with Gasteiger partial charge in [0.15, 0.2) is 0 Å². The highest BCUT2D eigenvalue weighted by Crippen LogP contribution is 2.30. The smallest absolute Gasteiger partial charge is 0.346 e. The van der Waals surface area contributed by atoms with Crippen LogP contribution in [-0.4, -0.2) is 34.6 Å². The standard InChI is InChI=1S/C22H18ClF2N3O4/c23-15-4-2-14(3-5-15)22(24,25)21(32)26-10-12-1-6-16-13(9-12)11-28(20(16)31)17-7-8-18(29)27-19(17)30/h1-6,9,17H,7-8,10-11H2,(H,26,32)(H,27,29,30)/i2D,4D. The SMILES string of the molecule is [2H]c1c(Cl)ccc(C(F)(F)C(=O)NCc2ccc3c(c2)CN(C2CCC(=O)NC2=O)C3=O)c1[2H]. The Morgan fingerprint density at radius 1 is 1.25 bits per heavy atom. The number of hydrogen-bond acceptors (Lipinski definition) is 4. The van der Waals surface area contributed by atoms with E-state index in [4.69, 9.17) is 14.3 Å². The minimum absolute atomic E-state index is 0.109. The van der Waals surface area contributed by atoms with Crippen molar-refractivity contribution >= 4 is 35.2 Å². The third-order valence-electron chi connectivity index (χ3n) is 5.38. The van der Waals surface area contributed by atoms with Gasteiger partial charge < -0.3 is 10.2 Å². The van der Waals surface area contributed by atoms with E-state index in [0.29, 0.717) is 16.7 Å². The Morgan fingerprint density at radius 2 is 2.03 bits per heavy atom. The van der Waals surface area contributed by atoms with Gasteiger partial charge in [-0.2, -0.15) is 8.78 Å². The number of halogens is 3. The fourth-order valence-corrected chi connectivity index (χ4v) is 3.81. The summed E-state index contributed by atoms with van der Waals surface area (Å²) < 4.78 is 44.6. The Balaban J connectivity index is 1.46. The molecule has 2 aliphatic heterocycles. The molecule has 1 atom stereocenters. The third kappa shape index (κ3) is 4.08. The molecule has 2 N–H and O–H groups in total. The molecule has 7 nitrogen and oxygen atoms in total. The molecule has 1 fully saturated rings. The van der Waals surface area contributed by atoms with Crippen molar-refractivity contribution in [2.45, 2.75) is 37.9 Å². The monoisotopic (exact) mass is 463 g/mol. The van der Waals surface area contributed by atoms with Crippen LogP contribution < -0.4 is 10.6 Å². The summed E-state index contributed by atoms with van der Waals surface area (Å²) in [6.07, 6.45) is 0.336. The zero-order chi connectivity index (χ0) is 24.8. The van der Waals surface area contributed by atoms with E-state index < -0.39 is 47.3 Å². The van der Waals surface area contributed by atoms with Crippen LogP contribution in [0.4, 0.5) is 8.78 Å². The van der Waals surface area contributed by atoms with E-state index in [1.165, 1.54) is 17.0 Å². The number of piperidine rings is 1. The normalized spacial score (nSPS) is 19.3. The Morgan fingerprint density at radius 3 is 2.78 bits per heavy atom. The molecular formula is C22H18ClF2N3O4. The fourth-order valence-electron chi connectivity index (χ4n) is 3.70. The maximum Gasteiger partial charge on any atom is 0.349 e. The molecule has 0 saturated carbocycles. The number of imide groups is 1. The summed E-state index contributed by atoms with van der Waals surface area (Å²) in [5.74, 6) is -7.02. The molecule has 166 valence electrons. The highest BCUT2D eigenvalue weighted by Gasteiger charge is 2.41. The van der Waals surface area contributed by atoms with Gasteiger partial charge in [-0.3, -0.25) is 24.5 Å². The van der Waals surface area contributed by atoms with E-state index >= 15 is 0 Å². The minimum atomic E-state index is -4.06. The van der Waals surface area contributed by atoms with Crippen LogP contribution in [0.5, 0.6) is 0 Å². The molecule has 2 aliphatic rings. The number of amides is 4. The van der Waals surface area contributed by atoms with E-state index in [1.54, 1.807) is 6.07 Å². The molecule has 0 bridgehead atoms. The number of nitrogens with one attached hydrogen (secondary N) is 2. The number of benzene rings is 2. The van der Waals surface area contributed by atoms with Gasteiger partial charge in [0.05, 0.1) is 2.74 Å². The number of carbonyl (C=O) groups excluding carboxylic acids is 4. The molecule has 2 aromatic rings. The predicted molar refractivity (Wildman–Crippen MR) is 110 cm³/mol. The first kappa shape index (κ1) is 19.4. The average Bonchev–Trinajstić information content (AvgIpc) is 3.11. The molecule has 0 radical (unpaired) electrons. The van der Waals surface area contributed by atoms with Crippen LogP contribution in [0.25, 0.3) is 0 Å². The fraction of sp³-hybridized carbons (Fsp3) is 0.273. The first-order chi connectivity index (χ1) is 16.0. The van der Waals surface area contributed by atoms with E-state index in [2.05, 4.69) is 10.6 Å². The van der Waals surface area contributed by atoms with E-state index in [-0.39, 0.29) is 36.9 Å². The molecule has 10 heteroatoms. The maximum atomic E-state index is 14.6. The first-order valence-corrected chi connectivity index (χ1v) is 10.1. The van der Waals surface area contributed by atoms with Gasteiger partial charge in [-0.05, 0) is 35.7 Å². The van der Waals surface area contributed by atoms with Crippen molar-refractivity contribution < 1.29 is 30.7 Å². The lowest BCUT2D eigenvalue weighted by Gasteiger charge is -2.29. The Bertz CT molecular complexity index is 1240. The number of alkyl halides is 2. The van der Waals surface area contributed by atoms with Crippen molar-refractivity contribution in [3.05, 3.63) is 69.7 Å². The van der Waals surface area contributed by atoms with Crippen molar-refractivity contribution in [2.24, 2.45) is 0 Å². The maximum absolute atomic E-state index is 14.6. The molecule has 4 rings (SSSR count). The second-order valence-corrected chi connectivity index (χ2v) is 7.90. The molecule has 32 heavy (non-hydrogen) atoms. The largest absolute Gasteiger partial charge is 0.349 e. The highest BCUT2D eigenvalue weighted by molar-refractivity contribution is 6.30. The molecule has 0 spiro atoms. The predicted octanol–water partition coefficient (Wildman–Crippen LogP) is 2.51. The lowest BCUT2D eigenvalue weighted by molar-refractivity contribution is -0.147. The van der Waals surface area contributed by atoms with E-state index in [1.807, 2.05) is 0 Å². The number of nitrogens with zero attached hydrogens (tertiary/aromatic N) is 1. The molecule has 2 heterocycles. The second kappa shape index (κ2) is 8.31. The quantitative estimate of drug-likeness (QED) is 0.666. The zero-order valence-electron chi connectivity index (χ0n) is 18.5. The Kier molecular flexibility index (Phi) is 5.03. The van der Waals surface area contributed by atoms with E-state index in [9.17, 15) is 28.0 Å². The molecule has 2 aromatic carbocycles. The van der Waals surface area contributed by atoms with Crippen LogP contribution in [0.1, 0.15) is 42.6 Å². The van der Waals surface area contributed by atoms with Gasteiger partial charge in [0, 0.05) is 35.7 Å². The number of fused-ring (bicyclic) bond motifs is 1. The topological polar surface area (TPSA) is 95.6 Å². The van der Waals surface area contributed by atoms with Crippen LogP contribution in [0.2, 0.25) is 5.02 Å². The summed E-state index contributed by atoms with van der Waals surface area (Å²) in [4.78, 5) is 49.8. The summed E-state index contributed by atoms with van der Waals surface area (Å²) in [5, 5.41) is 4.16. The van der Waals surface area contributed by atoms with Crippen molar-refractivity contribution in [1.82, 2.24) is 15.5 Å². The molecule has 0 aliphatic carbocycles. The van der Waals surface area contributed by atoms with Gasteiger partial charge in [-0.15, -0.1) is 0 Å². The van der Waals surface area contributed by atoms with E-state index in [0.717, 1.165) is 12.1 Å². The number of hydrogen-bond donors (Lipinski definition) is 2. The molecular weight excluding hydrogens is 444 g/mol. The highest BCUT2D eigenvalue weighted by atomic mass is 35.5. The second-order valence-electron chi connectivity index (χ2n) is 7.49. The molecule has 1 saturated heterocycles.